The Kier molecular flexibility index (Phi) is 6.42. The number of fused-ring (bicyclic) bond motifs is 6. The van der Waals surface area contributed by atoms with Crippen molar-refractivity contribution in [1.82, 2.24) is 15.0 Å². The first-order valence-corrected chi connectivity index (χ1v) is 16.6. The molecule has 0 radical (unpaired) electrons. The normalized spacial score (nSPS) is 11.6. The largest absolute Gasteiger partial charge is 0.456 e. The van der Waals surface area contributed by atoms with Crippen molar-refractivity contribution in [2.45, 2.75) is 0 Å². The SMILES string of the molecule is c1ccc(-c2cc(-c3ccc(-c4ccccn4)cc3)nc(-c3ccc(-c4ccc5c(c4)oc4ccccc45)c4c3oc3ccccc34)n2)cc1. The molecular weight excluding hydrogens is 615 g/mol. The molecule has 0 aliphatic carbocycles. The molecule has 0 saturated heterocycles. The van der Waals surface area contributed by atoms with E-state index in [9.17, 15) is 0 Å². The quantitative estimate of drug-likeness (QED) is 0.187. The first kappa shape index (κ1) is 28.2. The predicted molar refractivity (Wildman–Crippen MR) is 202 cm³/mol. The van der Waals surface area contributed by atoms with Crippen LogP contribution >= 0.6 is 0 Å². The molecule has 0 aliphatic rings. The Morgan fingerprint density at radius 1 is 0.380 bits per heavy atom. The number of aromatic nitrogens is 3. The van der Waals surface area contributed by atoms with Crippen molar-refractivity contribution in [3.05, 3.63) is 164 Å². The molecule has 5 nitrogen and oxygen atoms in total. The van der Waals surface area contributed by atoms with Gasteiger partial charge in [-0.05, 0) is 59.7 Å². The predicted octanol–water partition coefficient (Wildman–Crippen LogP) is 12.0. The summed E-state index contributed by atoms with van der Waals surface area (Å²) in [6.07, 6.45) is 1.81. The van der Waals surface area contributed by atoms with Crippen molar-refractivity contribution in [2.75, 3.05) is 0 Å². The van der Waals surface area contributed by atoms with Crippen LogP contribution in [0.3, 0.4) is 0 Å². The van der Waals surface area contributed by atoms with Crippen LogP contribution in [0.15, 0.2) is 173 Å². The van der Waals surface area contributed by atoms with Crippen molar-refractivity contribution < 1.29 is 8.83 Å². The van der Waals surface area contributed by atoms with Gasteiger partial charge in [0.05, 0.1) is 22.6 Å². The van der Waals surface area contributed by atoms with Gasteiger partial charge in [0.15, 0.2) is 5.82 Å². The van der Waals surface area contributed by atoms with Crippen molar-refractivity contribution >= 4 is 43.9 Å². The van der Waals surface area contributed by atoms with Crippen LogP contribution in [0.1, 0.15) is 0 Å². The number of furan rings is 2. The third-order valence-corrected chi connectivity index (χ3v) is 9.39. The highest BCUT2D eigenvalue weighted by Gasteiger charge is 2.21. The summed E-state index contributed by atoms with van der Waals surface area (Å²) in [4.78, 5) is 14.9. The maximum absolute atomic E-state index is 6.68. The lowest BCUT2D eigenvalue weighted by atomic mass is 9.96. The van der Waals surface area contributed by atoms with Gasteiger partial charge in [-0.25, -0.2) is 9.97 Å². The minimum absolute atomic E-state index is 0.596. The van der Waals surface area contributed by atoms with Crippen molar-refractivity contribution in [3.63, 3.8) is 0 Å². The number of rotatable bonds is 5. The van der Waals surface area contributed by atoms with Crippen molar-refractivity contribution in [2.24, 2.45) is 0 Å². The number of pyridine rings is 1. The van der Waals surface area contributed by atoms with Gasteiger partial charge in [0.2, 0.25) is 0 Å². The van der Waals surface area contributed by atoms with Crippen molar-refractivity contribution in [3.8, 4) is 56.3 Å². The summed E-state index contributed by atoms with van der Waals surface area (Å²) in [5, 5.41) is 4.26. The zero-order chi connectivity index (χ0) is 33.0. The molecule has 234 valence electrons. The van der Waals surface area contributed by atoms with Gasteiger partial charge < -0.3 is 8.83 Å². The fraction of sp³-hybridized carbons (Fsp3) is 0. The van der Waals surface area contributed by atoms with E-state index in [0.29, 0.717) is 5.82 Å². The van der Waals surface area contributed by atoms with Crippen LogP contribution < -0.4 is 0 Å². The van der Waals surface area contributed by atoms with Crippen molar-refractivity contribution in [1.29, 1.82) is 0 Å². The summed E-state index contributed by atoms with van der Waals surface area (Å²) in [5.74, 6) is 0.596. The second-order valence-electron chi connectivity index (χ2n) is 12.4. The summed E-state index contributed by atoms with van der Waals surface area (Å²) in [7, 11) is 0. The first-order valence-electron chi connectivity index (χ1n) is 16.6. The van der Waals surface area contributed by atoms with Gasteiger partial charge in [0.1, 0.15) is 22.3 Å². The molecule has 0 atom stereocenters. The lowest BCUT2D eigenvalue weighted by Gasteiger charge is -2.12. The molecule has 0 unspecified atom stereocenters. The second kappa shape index (κ2) is 11.4. The Hall–Kier alpha value is -6.85. The van der Waals surface area contributed by atoms with Crippen LogP contribution in [0.4, 0.5) is 0 Å². The van der Waals surface area contributed by atoms with Gasteiger partial charge in [-0.2, -0.15) is 0 Å². The van der Waals surface area contributed by atoms with Gasteiger partial charge in [0, 0.05) is 44.4 Å². The Labute approximate surface area is 287 Å². The molecule has 10 rings (SSSR count). The van der Waals surface area contributed by atoms with E-state index in [-0.39, 0.29) is 0 Å². The van der Waals surface area contributed by atoms with Gasteiger partial charge in [-0.3, -0.25) is 4.98 Å². The highest BCUT2D eigenvalue weighted by molar-refractivity contribution is 6.16. The molecule has 4 aromatic heterocycles. The zero-order valence-corrected chi connectivity index (χ0v) is 26.7. The summed E-state index contributed by atoms with van der Waals surface area (Å²) in [6, 6.07) is 53.6. The lowest BCUT2D eigenvalue weighted by molar-refractivity contribution is 0.668. The Morgan fingerprint density at radius 3 is 1.74 bits per heavy atom. The second-order valence-corrected chi connectivity index (χ2v) is 12.4. The molecule has 0 amide bonds. The Morgan fingerprint density at radius 2 is 0.980 bits per heavy atom. The maximum Gasteiger partial charge on any atom is 0.164 e. The fourth-order valence-electron chi connectivity index (χ4n) is 6.96. The monoisotopic (exact) mass is 641 g/mol. The summed E-state index contributed by atoms with van der Waals surface area (Å²) < 4.78 is 13.0. The number of nitrogens with zero attached hydrogens (tertiary/aromatic N) is 3. The Balaban J connectivity index is 1.17. The smallest absolute Gasteiger partial charge is 0.164 e. The van der Waals surface area contributed by atoms with E-state index < -0.39 is 0 Å². The van der Waals surface area contributed by atoms with E-state index in [1.54, 1.807) is 0 Å². The van der Waals surface area contributed by atoms with E-state index in [1.807, 2.05) is 72.9 Å². The van der Waals surface area contributed by atoms with Gasteiger partial charge in [0.25, 0.3) is 0 Å². The summed E-state index contributed by atoms with van der Waals surface area (Å²) >= 11 is 0. The molecule has 10 aromatic rings. The lowest BCUT2D eigenvalue weighted by Crippen LogP contribution is -1.96. The number of hydrogen-bond acceptors (Lipinski definition) is 5. The van der Waals surface area contributed by atoms with Gasteiger partial charge >= 0.3 is 0 Å². The van der Waals surface area contributed by atoms with E-state index in [2.05, 4.69) is 96.0 Å². The molecule has 0 saturated carbocycles. The molecule has 0 spiro atoms. The summed E-state index contributed by atoms with van der Waals surface area (Å²) in [6.45, 7) is 0. The van der Waals surface area contributed by atoms with E-state index in [0.717, 1.165) is 94.3 Å². The highest BCUT2D eigenvalue weighted by atomic mass is 16.3. The molecule has 6 aromatic carbocycles. The molecule has 0 N–H and O–H groups in total. The standard InChI is InChI=1S/C45H27N3O2/c1-2-10-28(11-3-1)38-27-39(30-19-17-29(18-20-30)37-14-8-9-25-46-37)48-45(47-38)36-24-23-32(43-35-13-5-7-16-41(35)50-44(36)43)31-21-22-34-33-12-4-6-15-40(33)49-42(34)26-31/h1-27H. The number of hydrogen-bond donors (Lipinski definition) is 0. The average Bonchev–Trinajstić information content (AvgIpc) is 3.77. The van der Waals surface area contributed by atoms with Crippen LogP contribution in [-0.2, 0) is 0 Å². The van der Waals surface area contributed by atoms with Crippen LogP contribution in [0.25, 0.3) is 100 Å². The van der Waals surface area contributed by atoms with Crippen LogP contribution in [0.5, 0.6) is 0 Å². The molecule has 0 aliphatic heterocycles. The number of para-hydroxylation sites is 2. The van der Waals surface area contributed by atoms with Crippen LogP contribution in [0, 0.1) is 0 Å². The van der Waals surface area contributed by atoms with Gasteiger partial charge in [-0.15, -0.1) is 0 Å². The minimum Gasteiger partial charge on any atom is -0.456 e. The fourth-order valence-corrected chi connectivity index (χ4v) is 6.96. The van der Waals surface area contributed by atoms with Gasteiger partial charge in [-0.1, -0.05) is 109 Å². The average molecular weight is 642 g/mol. The molecule has 4 heterocycles. The van der Waals surface area contributed by atoms with Crippen LogP contribution in [-0.4, -0.2) is 15.0 Å². The topological polar surface area (TPSA) is 65.0 Å². The molecule has 0 bridgehead atoms. The number of benzene rings is 6. The Bertz CT molecular complexity index is 2850. The summed E-state index contributed by atoms with van der Waals surface area (Å²) in [5.41, 5.74) is 11.9. The van der Waals surface area contributed by atoms with E-state index >= 15 is 0 Å². The van der Waals surface area contributed by atoms with Crippen LogP contribution in [0.2, 0.25) is 0 Å². The minimum atomic E-state index is 0.596. The first-order chi connectivity index (χ1) is 24.8. The third-order valence-electron chi connectivity index (χ3n) is 9.39. The zero-order valence-electron chi connectivity index (χ0n) is 26.7. The third kappa shape index (κ3) is 4.67. The molecule has 50 heavy (non-hydrogen) atoms. The maximum atomic E-state index is 6.68. The van der Waals surface area contributed by atoms with E-state index in [4.69, 9.17) is 18.8 Å². The highest BCUT2D eigenvalue weighted by Crippen LogP contribution is 2.43. The molecule has 5 heteroatoms. The molecular formula is C45H27N3O2. The molecule has 0 fully saturated rings. The van der Waals surface area contributed by atoms with E-state index in [1.165, 1.54) is 0 Å².